The monoisotopic (exact) mass is 504 g/mol. The molecule has 11 heteroatoms. The van der Waals surface area contributed by atoms with Gasteiger partial charge in [0.2, 0.25) is 0 Å². The third-order valence-electron chi connectivity index (χ3n) is 5.36. The van der Waals surface area contributed by atoms with Crippen LogP contribution in [0.3, 0.4) is 0 Å². The van der Waals surface area contributed by atoms with Gasteiger partial charge in [-0.3, -0.25) is 0 Å². The van der Waals surface area contributed by atoms with Gasteiger partial charge in [-0.2, -0.15) is 13.2 Å². The van der Waals surface area contributed by atoms with Crippen LogP contribution in [0.1, 0.15) is 18.4 Å². The molecule has 0 N–H and O–H groups in total. The topological polar surface area (TPSA) is 50.3 Å². The smallest absolute Gasteiger partial charge is 0.348 e. The Balaban J connectivity index is 1.49. The molecule has 4 rings (SSSR count). The summed E-state index contributed by atoms with van der Waals surface area (Å²) in [5.41, 5.74) is -0.00720. The molecule has 1 aliphatic heterocycles. The molecule has 0 atom stereocenters. The zero-order valence-corrected chi connectivity index (χ0v) is 18.8. The zero-order valence-electron chi connectivity index (χ0n) is 16.4. The number of hydrogen-bond acceptors (Lipinski definition) is 5. The lowest BCUT2D eigenvalue weighted by Crippen LogP contribution is -2.39. The Bertz CT molecular complexity index is 1240. The van der Waals surface area contributed by atoms with Crippen LogP contribution in [0.25, 0.3) is 11.3 Å². The van der Waals surface area contributed by atoms with Crippen LogP contribution in [0.2, 0.25) is 5.02 Å². The maximum absolute atomic E-state index is 13.7. The molecule has 3 aromatic rings. The second-order valence-electron chi connectivity index (χ2n) is 7.37. The Morgan fingerprint density at radius 3 is 2.44 bits per heavy atom. The first-order valence-electron chi connectivity index (χ1n) is 9.63. The van der Waals surface area contributed by atoms with Gasteiger partial charge in [0.05, 0.1) is 26.4 Å². The molecule has 1 fully saturated rings. The number of halogens is 5. The standard InChI is InChI=1S/C21H17ClF4N2O2S2/c22-16-6-5-13(11-17(16)23)18-12-31-20(27-18)28-9-7-14(8-10-28)32(29,30)19-4-2-1-3-15(19)21(24,25)26/h1-6,11-12,14H,7-10H2. The van der Waals surface area contributed by atoms with Crippen molar-refractivity contribution in [3.63, 3.8) is 0 Å². The highest BCUT2D eigenvalue weighted by Gasteiger charge is 2.40. The highest BCUT2D eigenvalue weighted by Crippen LogP contribution is 2.37. The molecule has 1 aromatic heterocycles. The number of nitrogens with zero attached hydrogens (tertiary/aromatic N) is 2. The number of anilines is 1. The van der Waals surface area contributed by atoms with Crippen LogP contribution in [-0.4, -0.2) is 31.7 Å². The van der Waals surface area contributed by atoms with E-state index in [0.29, 0.717) is 29.5 Å². The summed E-state index contributed by atoms with van der Waals surface area (Å²) in [5, 5.41) is 1.51. The first kappa shape index (κ1) is 23.0. The first-order chi connectivity index (χ1) is 15.1. The van der Waals surface area contributed by atoms with E-state index in [9.17, 15) is 26.0 Å². The number of piperidine rings is 1. The maximum Gasteiger partial charge on any atom is 0.417 e. The predicted octanol–water partition coefficient (Wildman–Crippen LogP) is 6.06. The second-order valence-corrected chi connectivity index (χ2v) is 10.8. The summed E-state index contributed by atoms with van der Waals surface area (Å²) in [6.07, 6.45) is -4.39. The van der Waals surface area contributed by atoms with Crippen LogP contribution in [0, 0.1) is 5.82 Å². The van der Waals surface area contributed by atoms with Gasteiger partial charge in [-0.1, -0.05) is 29.8 Å². The predicted molar refractivity (Wildman–Crippen MR) is 116 cm³/mol. The van der Waals surface area contributed by atoms with Crippen LogP contribution in [0.4, 0.5) is 22.7 Å². The lowest BCUT2D eigenvalue weighted by Gasteiger charge is -2.31. The molecular formula is C21H17ClF4N2O2S2. The maximum atomic E-state index is 13.7. The summed E-state index contributed by atoms with van der Waals surface area (Å²) >= 11 is 7.04. The molecular weight excluding hydrogens is 488 g/mol. The number of rotatable bonds is 4. The van der Waals surface area contributed by atoms with Crippen molar-refractivity contribution in [3.05, 3.63) is 64.2 Å². The van der Waals surface area contributed by atoms with Gasteiger partial charge in [0, 0.05) is 24.0 Å². The van der Waals surface area contributed by atoms with Crippen LogP contribution in [0.5, 0.6) is 0 Å². The number of benzene rings is 2. The van der Waals surface area contributed by atoms with Crippen LogP contribution >= 0.6 is 22.9 Å². The van der Waals surface area contributed by atoms with E-state index in [1.54, 1.807) is 11.4 Å². The normalized spacial score (nSPS) is 15.8. The van der Waals surface area contributed by atoms with E-state index >= 15 is 0 Å². The molecule has 0 aliphatic carbocycles. The fourth-order valence-corrected chi connectivity index (χ4v) is 6.64. The van der Waals surface area contributed by atoms with Crippen molar-refractivity contribution in [1.29, 1.82) is 0 Å². The fraction of sp³-hybridized carbons (Fsp3) is 0.286. The molecule has 4 nitrogen and oxygen atoms in total. The van der Waals surface area contributed by atoms with Crippen molar-refractivity contribution >= 4 is 37.9 Å². The molecule has 1 saturated heterocycles. The van der Waals surface area contributed by atoms with Crippen molar-refractivity contribution in [2.24, 2.45) is 0 Å². The van der Waals surface area contributed by atoms with Crippen LogP contribution < -0.4 is 4.90 Å². The SMILES string of the molecule is O=S(=O)(c1ccccc1C(F)(F)F)C1CCN(c2nc(-c3ccc(Cl)c(F)c3)cs2)CC1. The Morgan fingerprint density at radius 1 is 1.09 bits per heavy atom. The largest absolute Gasteiger partial charge is 0.417 e. The van der Waals surface area contributed by atoms with E-state index < -0.39 is 37.5 Å². The van der Waals surface area contributed by atoms with Gasteiger partial charge in [-0.15, -0.1) is 11.3 Å². The van der Waals surface area contributed by atoms with Gasteiger partial charge in [-0.25, -0.2) is 17.8 Å². The van der Waals surface area contributed by atoms with Crippen molar-refractivity contribution < 1.29 is 26.0 Å². The molecule has 2 heterocycles. The second kappa shape index (κ2) is 8.64. The minimum atomic E-state index is -4.75. The lowest BCUT2D eigenvalue weighted by molar-refractivity contribution is -0.139. The molecule has 170 valence electrons. The summed E-state index contributed by atoms with van der Waals surface area (Å²) in [4.78, 5) is 5.72. The van der Waals surface area contributed by atoms with Crippen molar-refractivity contribution in [1.82, 2.24) is 4.98 Å². The Labute approximate surface area is 191 Å². The van der Waals surface area contributed by atoms with Crippen molar-refractivity contribution in [3.8, 4) is 11.3 Å². The van der Waals surface area contributed by atoms with Crippen LogP contribution in [0.15, 0.2) is 52.7 Å². The number of alkyl halides is 3. The summed E-state index contributed by atoms with van der Waals surface area (Å²) in [6, 6.07) is 8.67. The van der Waals surface area contributed by atoms with Crippen molar-refractivity contribution in [2.45, 2.75) is 29.2 Å². The number of hydrogen-bond donors (Lipinski definition) is 0. The molecule has 0 amide bonds. The average molecular weight is 505 g/mol. The molecule has 32 heavy (non-hydrogen) atoms. The zero-order chi connectivity index (χ0) is 23.1. The minimum Gasteiger partial charge on any atom is -0.348 e. The van der Waals surface area contributed by atoms with Crippen molar-refractivity contribution in [2.75, 3.05) is 18.0 Å². The van der Waals surface area contributed by atoms with E-state index in [2.05, 4.69) is 4.98 Å². The van der Waals surface area contributed by atoms with E-state index in [1.165, 1.54) is 35.6 Å². The minimum absolute atomic E-state index is 0.0135. The van der Waals surface area contributed by atoms with Gasteiger partial charge in [-0.05, 0) is 37.1 Å². The average Bonchev–Trinajstić information content (AvgIpc) is 3.25. The van der Waals surface area contributed by atoms with Gasteiger partial charge < -0.3 is 4.90 Å². The van der Waals surface area contributed by atoms with E-state index in [1.807, 2.05) is 4.90 Å². The summed E-state index contributed by atoms with van der Waals surface area (Å²) in [7, 11) is -4.15. The fourth-order valence-electron chi connectivity index (χ4n) is 3.68. The Hall–Kier alpha value is -2.17. The van der Waals surface area contributed by atoms with E-state index in [4.69, 9.17) is 11.6 Å². The summed E-state index contributed by atoms with van der Waals surface area (Å²) in [5.74, 6) is -0.552. The quantitative estimate of drug-likeness (QED) is 0.405. The van der Waals surface area contributed by atoms with E-state index in [-0.39, 0.29) is 17.9 Å². The first-order valence-corrected chi connectivity index (χ1v) is 12.4. The summed E-state index contributed by atoms with van der Waals surface area (Å²) in [6.45, 7) is 0.667. The molecule has 0 bridgehead atoms. The number of thiazole rings is 1. The molecule has 0 radical (unpaired) electrons. The van der Waals surface area contributed by atoms with Gasteiger partial charge >= 0.3 is 6.18 Å². The number of aromatic nitrogens is 1. The highest BCUT2D eigenvalue weighted by atomic mass is 35.5. The summed E-state index contributed by atoms with van der Waals surface area (Å²) < 4.78 is 79.6. The molecule has 0 saturated carbocycles. The van der Waals surface area contributed by atoms with E-state index in [0.717, 1.165) is 12.1 Å². The third-order valence-corrected chi connectivity index (χ3v) is 8.88. The van der Waals surface area contributed by atoms with Gasteiger partial charge in [0.15, 0.2) is 15.0 Å². The molecule has 1 aliphatic rings. The number of sulfone groups is 1. The molecule has 0 unspecified atom stereocenters. The Morgan fingerprint density at radius 2 is 1.78 bits per heavy atom. The van der Waals surface area contributed by atoms with Gasteiger partial charge in [0.25, 0.3) is 0 Å². The van der Waals surface area contributed by atoms with Crippen LogP contribution in [-0.2, 0) is 16.0 Å². The van der Waals surface area contributed by atoms with Gasteiger partial charge in [0.1, 0.15) is 5.82 Å². The molecule has 2 aromatic carbocycles. The highest BCUT2D eigenvalue weighted by molar-refractivity contribution is 7.92. The molecule has 0 spiro atoms. The Kier molecular flexibility index (Phi) is 6.21. The lowest BCUT2D eigenvalue weighted by atomic mass is 10.1. The third kappa shape index (κ3) is 4.49.